The summed E-state index contributed by atoms with van der Waals surface area (Å²) in [4.78, 5) is 9.28. The van der Waals surface area contributed by atoms with Gasteiger partial charge in [-0.1, -0.05) is 170 Å². The van der Waals surface area contributed by atoms with Crippen molar-refractivity contribution in [3.63, 3.8) is 0 Å². The average Bonchev–Trinajstić information content (AvgIpc) is 3.90. The molecule has 13 rings (SSSR count). The zero-order valence-corrected chi connectivity index (χ0v) is 42.7. The van der Waals surface area contributed by atoms with Gasteiger partial charge in [-0.2, -0.15) is 0 Å². The summed E-state index contributed by atoms with van der Waals surface area (Å²) in [6.07, 6.45) is 0. The van der Waals surface area contributed by atoms with Crippen molar-refractivity contribution < 1.29 is 4.74 Å². The van der Waals surface area contributed by atoms with E-state index < -0.39 is 0 Å². The Morgan fingerprint density at radius 2 is 0.513 bits per heavy atom. The first-order valence-corrected chi connectivity index (χ1v) is 26.3. The number of hydrogen-bond donors (Lipinski definition) is 0. The summed E-state index contributed by atoms with van der Waals surface area (Å²) < 4.78 is 9.84. The van der Waals surface area contributed by atoms with Crippen LogP contribution in [0.2, 0.25) is 0 Å². The molecule has 1 aromatic heterocycles. The fourth-order valence-electron chi connectivity index (χ4n) is 10.7. The molecule has 0 saturated heterocycles. The number of rotatable bonds is 15. The Labute approximate surface area is 455 Å². The molecule has 78 heavy (non-hydrogen) atoms. The summed E-state index contributed by atoms with van der Waals surface area (Å²) in [7, 11) is 0. The highest BCUT2D eigenvalue weighted by atomic mass is 16.5. The predicted molar refractivity (Wildman–Crippen MR) is 326 cm³/mol. The number of benzene rings is 12. The summed E-state index contributed by atoms with van der Waals surface area (Å²) in [6.45, 7) is 0. The topological polar surface area (TPSA) is 27.1 Å². The van der Waals surface area contributed by atoms with Crippen molar-refractivity contribution in [3.05, 3.63) is 322 Å². The number of anilines is 12. The van der Waals surface area contributed by atoms with Crippen LogP contribution in [0.4, 0.5) is 68.2 Å². The fourth-order valence-corrected chi connectivity index (χ4v) is 10.7. The molecule has 0 fully saturated rings. The van der Waals surface area contributed by atoms with E-state index in [2.05, 4.69) is 346 Å². The molecule has 0 saturated carbocycles. The first-order chi connectivity index (χ1) is 38.7. The van der Waals surface area contributed by atoms with E-state index in [1.54, 1.807) is 0 Å². The molecule has 0 spiro atoms. The lowest BCUT2D eigenvalue weighted by Gasteiger charge is -2.30. The van der Waals surface area contributed by atoms with E-state index in [-0.39, 0.29) is 0 Å². The molecule has 1 heterocycles. The minimum atomic E-state index is 0.688. The quantitative estimate of drug-likeness (QED) is 0.102. The van der Waals surface area contributed by atoms with Gasteiger partial charge in [-0.15, -0.1) is 0 Å². The van der Waals surface area contributed by atoms with Crippen molar-refractivity contribution >= 4 is 90.1 Å². The number of aromatic nitrogens is 1. The van der Waals surface area contributed by atoms with Gasteiger partial charge in [0, 0.05) is 63.0 Å². The van der Waals surface area contributed by atoms with Gasteiger partial charge < -0.3 is 28.9 Å². The van der Waals surface area contributed by atoms with Crippen molar-refractivity contribution in [2.45, 2.75) is 0 Å². The Balaban J connectivity index is 1.03. The maximum Gasteiger partial charge on any atom is 0.137 e. The van der Waals surface area contributed by atoms with E-state index in [0.29, 0.717) is 5.75 Å². The minimum absolute atomic E-state index is 0.688. The number of ether oxygens (including phenoxy) is 1. The summed E-state index contributed by atoms with van der Waals surface area (Å²) in [5, 5.41) is 2.08. The van der Waals surface area contributed by atoms with E-state index in [9.17, 15) is 0 Å². The van der Waals surface area contributed by atoms with Crippen LogP contribution in [-0.4, -0.2) is 4.57 Å². The van der Waals surface area contributed by atoms with Crippen molar-refractivity contribution in [1.82, 2.24) is 4.57 Å². The molecule has 0 atom stereocenters. The summed E-state index contributed by atoms with van der Waals surface area (Å²) in [6, 6.07) is 113. The van der Waals surface area contributed by atoms with Crippen molar-refractivity contribution in [2.75, 3.05) is 19.6 Å². The van der Waals surface area contributed by atoms with Gasteiger partial charge >= 0.3 is 0 Å². The van der Waals surface area contributed by atoms with Gasteiger partial charge in [-0.25, -0.2) is 0 Å². The second-order valence-electron chi connectivity index (χ2n) is 19.0. The van der Waals surface area contributed by atoms with Crippen LogP contribution < -0.4 is 24.3 Å². The van der Waals surface area contributed by atoms with Gasteiger partial charge in [0.15, 0.2) is 0 Å². The number of nitrogens with zero attached hydrogens (tertiary/aromatic N) is 5. The number of fused-ring (bicyclic) bond motifs is 3. The second-order valence-corrected chi connectivity index (χ2v) is 19.0. The third-order valence-electron chi connectivity index (χ3n) is 14.1. The maximum absolute atomic E-state index is 7.45. The molecule has 0 aliphatic carbocycles. The lowest BCUT2D eigenvalue weighted by atomic mass is 10.1. The maximum atomic E-state index is 7.45. The standard InChI is InChI=1S/C72H53N5O/c1-9-28-54(29-10-1)73(55-30-11-2-12-31-55)62-48-63(74(56-32-13-3-14-33-56)57-34-15-4-16-35-57)50-64(49-62)77-69-45-26-25-44-68(69)72-70(77)46-27-47-71(72)78-67-52-65(75(58-36-17-5-18-37-58)59-38-19-6-20-39-59)51-66(53-67)76(60-40-21-7-22-41-60)61-42-23-8-24-43-61/h1-53H. The van der Waals surface area contributed by atoms with E-state index >= 15 is 0 Å². The Bertz CT molecular complexity index is 3750. The van der Waals surface area contributed by atoms with E-state index in [0.717, 1.165) is 101 Å². The fraction of sp³-hybridized carbons (Fsp3) is 0. The lowest BCUT2D eigenvalue weighted by Crippen LogP contribution is -2.14. The second kappa shape index (κ2) is 21.4. The Morgan fingerprint density at radius 3 is 0.846 bits per heavy atom. The van der Waals surface area contributed by atoms with Crippen LogP contribution in [0.3, 0.4) is 0 Å². The highest BCUT2D eigenvalue weighted by Crippen LogP contribution is 2.48. The molecule has 13 aromatic rings. The average molecular weight is 1000 g/mol. The molecule has 6 heteroatoms. The number of para-hydroxylation sites is 9. The third kappa shape index (κ3) is 9.35. The zero-order valence-electron chi connectivity index (χ0n) is 42.7. The predicted octanol–water partition coefficient (Wildman–Crippen LogP) is 20.5. The molecular weight excluding hydrogens is 951 g/mol. The molecule has 372 valence electrons. The molecule has 6 nitrogen and oxygen atoms in total. The van der Waals surface area contributed by atoms with Gasteiger partial charge in [0.2, 0.25) is 0 Å². The summed E-state index contributed by atoms with van der Waals surface area (Å²) >= 11 is 0. The SMILES string of the molecule is c1ccc(N(c2ccccc2)c2cc(Oc3cccc4c3c3ccccc3n4-c3cc(N(c4ccccc4)c4ccccc4)cc(N(c4ccccc4)c4ccccc4)c3)cc(N(c3ccccc3)c3ccccc3)c2)cc1. The Hall–Kier alpha value is -10.6. The van der Waals surface area contributed by atoms with Gasteiger partial charge in [0.25, 0.3) is 0 Å². The molecule has 0 radical (unpaired) electrons. The Kier molecular flexibility index (Phi) is 12.9. The molecule has 0 N–H and O–H groups in total. The normalized spacial score (nSPS) is 11.1. The summed E-state index contributed by atoms with van der Waals surface area (Å²) in [5.74, 6) is 1.43. The van der Waals surface area contributed by atoms with Gasteiger partial charge in [-0.3, -0.25) is 0 Å². The lowest BCUT2D eigenvalue weighted by molar-refractivity contribution is 0.489. The van der Waals surface area contributed by atoms with Gasteiger partial charge in [-0.05, 0) is 140 Å². The molecule has 0 amide bonds. The molecule has 0 unspecified atom stereocenters. The molecule has 12 aromatic carbocycles. The van der Waals surface area contributed by atoms with Crippen LogP contribution in [-0.2, 0) is 0 Å². The van der Waals surface area contributed by atoms with E-state index in [4.69, 9.17) is 4.74 Å². The first-order valence-electron chi connectivity index (χ1n) is 26.3. The van der Waals surface area contributed by atoms with Crippen LogP contribution in [0.5, 0.6) is 11.5 Å². The molecular formula is C72H53N5O. The zero-order chi connectivity index (χ0) is 52.0. The Morgan fingerprint density at radius 1 is 0.231 bits per heavy atom. The molecule has 0 bridgehead atoms. The monoisotopic (exact) mass is 1000 g/mol. The minimum Gasteiger partial charge on any atom is -0.456 e. The van der Waals surface area contributed by atoms with Gasteiger partial charge in [0.1, 0.15) is 11.5 Å². The summed E-state index contributed by atoms with van der Waals surface area (Å²) in [5.41, 5.74) is 15.3. The third-order valence-corrected chi connectivity index (χ3v) is 14.1. The molecule has 0 aliphatic heterocycles. The van der Waals surface area contributed by atoms with Gasteiger partial charge in [0.05, 0.1) is 44.9 Å². The van der Waals surface area contributed by atoms with E-state index in [1.807, 2.05) is 0 Å². The van der Waals surface area contributed by atoms with Crippen LogP contribution in [0.1, 0.15) is 0 Å². The first kappa shape index (κ1) is 47.2. The van der Waals surface area contributed by atoms with Crippen molar-refractivity contribution in [3.8, 4) is 17.2 Å². The van der Waals surface area contributed by atoms with Crippen LogP contribution >= 0.6 is 0 Å². The highest BCUT2D eigenvalue weighted by Gasteiger charge is 2.24. The highest BCUT2D eigenvalue weighted by molar-refractivity contribution is 6.12. The van der Waals surface area contributed by atoms with Crippen LogP contribution in [0.25, 0.3) is 27.5 Å². The van der Waals surface area contributed by atoms with Crippen molar-refractivity contribution in [2.24, 2.45) is 0 Å². The van der Waals surface area contributed by atoms with Crippen molar-refractivity contribution in [1.29, 1.82) is 0 Å². The molecule has 0 aliphatic rings. The largest absolute Gasteiger partial charge is 0.456 e. The van der Waals surface area contributed by atoms with E-state index in [1.165, 1.54) is 0 Å². The van der Waals surface area contributed by atoms with Crippen LogP contribution in [0.15, 0.2) is 322 Å². The smallest absolute Gasteiger partial charge is 0.137 e. The number of hydrogen-bond acceptors (Lipinski definition) is 5. The van der Waals surface area contributed by atoms with Crippen LogP contribution in [0, 0.1) is 0 Å².